The number of nitro groups is 1. The first-order chi connectivity index (χ1) is 14.9. The van der Waals surface area contributed by atoms with Crippen molar-refractivity contribution in [1.82, 2.24) is 9.78 Å². The fourth-order valence-electron chi connectivity index (χ4n) is 2.77. The molecule has 0 saturated heterocycles. The maximum absolute atomic E-state index is 14.4. The molecule has 0 spiro atoms. The van der Waals surface area contributed by atoms with E-state index in [0.717, 1.165) is 12.1 Å². The molecule has 0 atom stereocenters. The highest BCUT2D eigenvalue weighted by Crippen LogP contribution is 2.35. The quantitative estimate of drug-likeness (QED) is 0.315. The minimum atomic E-state index is -0.806. The molecule has 10 nitrogen and oxygen atoms in total. The molecule has 1 aromatic heterocycles. The molecule has 0 aliphatic carbocycles. The molecule has 0 saturated carbocycles. The normalized spacial score (nSPS) is 10.5. The van der Waals surface area contributed by atoms with Gasteiger partial charge in [-0.1, -0.05) is 0 Å². The number of benzene rings is 2. The van der Waals surface area contributed by atoms with Crippen LogP contribution in [0.4, 0.5) is 15.8 Å². The summed E-state index contributed by atoms with van der Waals surface area (Å²) in [5, 5.41) is 17.9. The van der Waals surface area contributed by atoms with Crippen molar-refractivity contribution in [3.63, 3.8) is 0 Å². The summed E-state index contributed by atoms with van der Waals surface area (Å²) < 4.78 is 31.3. The summed E-state index contributed by atoms with van der Waals surface area (Å²) in [4.78, 5) is 23.5. The van der Waals surface area contributed by atoms with Crippen LogP contribution in [0.2, 0.25) is 0 Å². The fraction of sp³-hybridized carbons (Fsp3) is 0.200. The van der Waals surface area contributed by atoms with Crippen molar-refractivity contribution in [1.29, 1.82) is 0 Å². The number of halogens is 1. The first-order valence-corrected chi connectivity index (χ1v) is 9.03. The number of carbonyl (C=O) groups excluding carboxylic acids is 1. The largest absolute Gasteiger partial charge is 0.493 e. The van der Waals surface area contributed by atoms with E-state index in [1.807, 2.05) is 0 Å². The molecule has 2 aromatic carbocycles. The van der Waals surface area contributed by atoms with Gasteiger partial charge in [0, 0.05) is 31.3 Å². The molecule has 11 heteroatoms. The molecule has 31 heavy (non-hydrogen) atoms. The number of methoxy groups -OCH3 is 2. The molecular formula is C20H19FN4O6. The number of aromatic nitrogens is 2. The Bertz CT molecular complexity index is 1090. The molecule has 1 amide bonds. The minimum absolute atomic E-state index is 0.0948. The lowest BCUT2D eigenvalue weighted by molar-refractivity contribution is -0.385. The van der Waals surface area contributed by atoms with Crippen LogP contribution in [0.1, 0.15) is 10.4 Å². The maximum Gasteiger partial charge on any atom is 0.286 e. The minimum Gasteiger partial charge on any atom is -0.493 e. The number of amides is 1. The molecule has 0 unspecified atom stereocenters. The Balaban J connectivity index is 1.88. The first kappa shape index (κ1) is 21.7. The summed E-state index contributed by atoms with van der Waals surface area (Å²) in [5.74, 6) is -1.21. The molecule has 3 aromatic rings. The van der Waals surface area contributed by atoms with Crippen LogP contribution in [0.5, 0.6) is 11.5 Å². The Morgan fingerprint density at radius 1 is 1.23 bits per heavy atom. The average Bonchev–Trinajstić information content (AvgIpc) is 3.28. The van der Waals surface area contributed by atoms with E-state index < -0.39 is 22.3 Å². The van der Waals surface area contributed by atoms with E-state index >= 15 is 0 Å². The van der Waals surface area contributed by atoms with Crippen LogP contribution in [0.3, 0.4) is 0 Å². The predicted molar refractivity (Wildman–Crippen MR) is 108 cm³/mol. The molecule has 3 rings (SSSR count). The van der Waals surface area contributed by atoms with Crippen LogP contribution in [-0.2, 0) is 4.74 Å². The van der Waals surface area contributed by atoms with Gasteiger partial charge in [0.05, 0.1) is 24.7 Å². The predicted octanol–water partition coefficient (Wildman–Crippen LogP) is 3.21. The van der Waals surface area contributed by atoms with Crippen molar-refractivity contribution < 1.29 is 28.3 Å². The maximum atomic E-state index is 14.4. The van der Waals surface area contributed by atoms with Crippen LogP contribution < -0.4 is 14.8 Å². The van der Waals surface area contributed by atoms with Gasteiger partial charge < -0.3 is 19.5 Å². The van der Waals surface area contributed by atoms with Gasteiger partial charge >= 0.3 is 0 Å². The zero-order valence-electron chi connectivity index (χ0n) is 16.7. The topological polar surface area (TPSA) is 118 Å². The standard InChI is InChI=1S/C20H19FN4O6/c1-29-8-9-31-19-12-17(25(27)28)14(11-18(19)30-2)20(26)23-13-4-5-16(15(21)10-13)24-7-3-6-22-24/h3-7,10-12H,8-9H2,1-2H3,(H,23,26). The second kappa shape index (κ2) is 9.67. The summed E-state index contributed by atoms with van der Waals surface area (Å²) in [6, 6.07) is 7.93. The molecule has 1 heterocycles. The van der Waals surface area contributed by atoms with Gasteiger partial charge in [0.15, 0.2) is 17.3 Å². The first-order valence-electron chi connectivity index (χ1n) is 9.03. The number of nitrogens with zero attached hydrogens (tertiary/aromatic N) is 3. The highest BCUT2D eigenvalue weighted by atomic mass is 19.1. The van der Waals surface area contributed by atoms with Gasteiger partial charge in [-0.2, -0.15) is 5.10 Å². The van der Waals surface area contributed by atoms with E-state index in [9.17, 15) is 19.3 Å². The van der Waals surface area contributed by atoms with Crippen molar-refractivity contribution >= 4 is 17.3 Å². The third-order valence-electron chi connectivity index (χ3n) is 4.23. The van der Waals surface area contributed by atoms with E-state index in [2.05, 4.69) is 10.4 Å². The Morgan fingerprint density at radius 3 is 2.65 bits per heavy atom. The van der Waals surface area contributed by atoms with E-state index in [1.54, 1.807) is 12.3 Å². The zero-order valence-corrected chi connectivity index (χ0v) is 16.7. The Labute approximate surface area is 176 Å². The Hall–Kier alpha value is -3.99. The highest BCUT2D eigenvalue weighted by Gasteiger charge is 2.25. The Morgan fingerprint density at radius 2 is 2.03 bits per heavy atom. The second-order valence-electron chi connectivity index (χ2n) is 6.19. The van der Waals surface area contributed by atoms with Gasteiger partial charge in [-0.3, -0.25) is 14.9 Å². The molecule has 0 aliphatic rings. The monoisotopic (exact) mass is 430 g/mol. The van der Waals surface area contributed by atoms with Crippen LogP contribution in [0.25, 0.3) is 5.69 Å². The van der Waals surface area contributed by atoms with Gasteiger partial charge in [0.25, 0.3) is 11.6 Å². The van der Waals surface area contributed by atoms with Gasteiger partial charge in [-0.05, 0) is 24.3 Å². The van der Waals surface area contributed by atoms with Crippen LogP contribution >= 0.6 is 0 Å². The third kappa shape index (κ3) is 4.95. The van der Waals surface area contributed by atoms with Gasteiger partial charge in [-0.25, -0.2) is 9.07 Å². The molecule has 162 valence electrons. The number of nitro benzene ring substituents is 1. The zero-order chi connectivity index (χ0) is 22.4. The molecular weight excluding hydrogens is 411 g/mol. The fourth-order valence-corrected chi connectivity index (χ4v) is 2.77. The number of nitrogens with one attached hydrogen (secondary N) is 1. The van der Waals surface area contributed by atoms with Crippen LogP contribution in [0, 0.1) is 15.9 Å². The molecule has 0 aliphatic heterocycles. The molecule has 0 bridgehead atoms. The van der Waals surface area contributed by atoms with Crippen molar-refractivity contribution in [2.24, 2.45) is 0 Å². The second-order valence-corrected chi connectivity index (χ2v) is 6.19. The summed E-state index contributed by atoms with van der Waals surface area (Å²) in [6.07, 6.45) is 3.08. The van der Waals surface area contributed by atoms with E-state index in [-0.39, 0.29) is 41.7 Å². The van der Waals surface area contributed by atoms with Gasteiger partial charge in [0.1, 0.15) is 17.9 Å². The summed E-state index contributed by atoms with van der Waals surface area (Å²) in [6.45, 7) is 0.400. The van der Waals surface area contributed by atoms with Crippen molar-refractivity contribution in [3.8, 4) is 17.2 Å². The number of anilines is 1. The highest BCUT2D eigenvalue weighted by molar-refractivity contribution is 6.07. The molecule has 0 fully saturated rings. The number of hydrogen-bond donors (Lipinski definition) is 1. The SMILES string of the molecule is COCCOc1cc([N+](=O)[O-])c(C(=O)Nc2ccc(-n3cccn3)c(F)c2)cc1OC. The van der Waals surface area contributed by atoms with Gasteiger partial charge in [0.2, 0.25) is 0 Å². The average molecular weight is 430 g/mol. The van der Waals surface area contributed by atoms with E-state index in [4.69, 9.17) is 14.2 Å². The molecule has 0 radical (unpaired) electrons. The lowest BCUT2D eigenvalue weighted by Gasteiger charge is -2.13. The van der Waals surface area contributed by atoms with Gasteiger partial charge in [-0.15, -0.1) is 0 Å². The van der Waals surface area contributed by atoms with Crippen molar-refractivity contribution in [2.45, 2.75) is 0 Å². The number of hydrogen-bond acceptors (Lipinski definition) is 7. The van der Waals surface area contributed by atoms with Crippen LogP contribution in [-0.4, -0.2) is 48.0 Å². The van der Waals surface area contributed by atoms with E-state index in [1.165, 1.54) is 43.3 Å². The van der Waals surface area contributed by atoms with Crippen molar-refractivity contribution in [3.05, 3.63) is 70.3 Å². The number of ether oxygens (including phenoxy) is 3. The smallest absolute Gasteiger partial charge is 0.286 e. The lowest BCUT2D eigenvalue weighted by Crippen LogP contribution is -2.15. The number of rotatable bonds is 9. The lowest BCUT2D eigenvalue weighted by atomic mass is 10.1. The molecule has 1 N–H and O–H groups in total. The summed E-state index contributed by atoms with van der Waals surface area (Å²) in [5.41, 5.74) is -0.447. The van der Waals surface area contributed by atoms with Crippen LogP contribution in [0.15, 0.2) is 48.8 Å². The summed E-state index contributed by atoms with van der Waals surface area (Å²) >= 11 is 0. The summed E-state index contributed by atoms with van der Waals surface area (Å²) in [7, 11) is 2.83. The third-order valence-corrected chi connectivity index (χ3v) is 4.23. The van der Waals surface area contributed by atoms with E-state index in [0.29, 0.717) is 0 Å². The van der Waals surface area contributed by atoms with Crippen molar-refractivity contribution in [2.75, 3.05) is 32.8 Å². The number of carbonyl (C=O) groups is 1. The Kier molecular flexibility index (Phi) is 6.78.